The van der Waals surface area contributed by atoms with Crippen LogP contribution in [0, 0.1) is 0 Å². The fourth-order valence-electron chi connectivity index (χ4n) is 24.6. The van der Waals surface area contributed by atoms with Gasteiger partial charge in [0.1, 0.15) is 19.0 Å². The zero-order chi connectivity index (χ0) is 96.6. The molecule has 12 nitrogen and oxygen atoms in total. The number of para-hydroxylation sites is 9. The highest BCUT2D eigenvalue weighted by Crippen LogP contribution is 2.57. The summed E-state index contributed by atoms with van der Waals surface area (Å²) in [6.07, 6.45) is 11.0. The van der Waals surface area contributed by atoms with Crippen LogP contribution in [0.2, 0.25) is 0 Å². The van der Waals surface area contributed by atoms with Gasteiger partial charge in [0.2, 0.25) is 0 Å². The van der Waals surface area contributed by atoms with E-state index in [-0.39, 0.29) is 0 Å². The lowest BCUT2D eigenvalue weighted by Gasteiger charge is -2.15. The van der Waals surface area contributed by atoms with Crippen LogP contribution in [0.15, 0.2) is 462 Å². The first-order valence-electron chi connectivity index (χ1n) is 49.7. The molecule has 148 heavy (non-hydrogen) atoms. The lowest BCUT2D eigenvalue weighted by molar-refractivity contribution is 1.18. The second-order valence-electron chi connectivity index (χ2n) is 38.2. The molecule has 34 aromatic rings. The van der Waals surface area contributed by atoms with E-state index in [0.717, 1.165) is 70.1 Å². The molecule has 0 spiro atoms. The summed E-state index contributed by atoms with van der Waals surface area (Å²) in [6, 6.07) is 154. The highest BCUT2D eigenvalue weighted by molar-refractivity contribution is 7.28. The third kappa shape index (κ3) is 12.0. The Bertz CT molecular complexity index is 11500. The summed E-state index contributed by atoms with van der Waals surface area (Å²) in [4.78, 5) is 28.3. The van der Waals surface area contributed by atoms with Crippen LogP contribution in [0.1, 0.15) is 0 Å². The van der Waals surface area contributed by atoms with Gasteiger partial charge in [-0.1, -0.05) is 309 Å². The minimum Gasteiger partial charge on any atom is -0.308 e. The van der Waals surface area contributed by atoms with Crippen LogP contribution in [0.25, 0.3) is 301 Å². The summed E-state index contributed by atoms with van der Waals surface area (Å²) < 4.78 is 24.5. The Morgan fingerprint density at radius 3 is 0.838 bits per heavy atom. The molecule has 688 valence electrons. The molecule has 0 saturated heterocycles. The van der Waals surface area contributed by atoms with Crippen molar-refractivity contribution in [3.8, 4) is 56.4 Å². The second kappa shape index (κ2) is 32.4. The van der Waals surface area contributed by atoms with E-state index in [1.807, 2.05) is 29.9 Å². The fourth-order valence-corrected chi connectivity index (χ4v) is 29.4. The molecular weight excluding hydrogens is 1880 g/mol. The first-order chi connectivity index (χ1) is 73.5. The number of fused-ring (bicyclic) bond motifs is 45. The van der Waals surface area contributed by atoms with Crippen molar-refractivity contribution in [3.63, 3.8) is 0 Å². The normalized spacial score (nSPS) is 12.2. The number of nitrogens with zero attached hydrogens (tertiary/aromatic N) is 12. The molecule has 0 bridgehead atoms. The first kappa shape index (κ1) is 82.8. The van der Waals surface area contributed by atoms with Crippen LogP contribution in [-0.4, -0.2) is 57.3 Å². The molecule has 0 amide bonds. The van der Waals surface area contributed by atoms with Gasteiger partial charge in [0.05, 0.1) is 107 Å². The van der Waals surface area contributed by atoms with Crippen LogP contribution in [-0.2, 0) is 0 Å². The molecule has 34 rings (SSSR count). The summed E-state index contributed by atoms with van der Waals surface area (Å²) in [5, 5.41) is 28.6. The molecule has 0 radical (unpaired) electrons. The van der Waals surface area contributed by atoms with Gasteiger partial charge < -0.3 is 27.4 Å². The van der Waals surface area contributed by atoms with Gasteiger partial charge in [-0.15, -0.1) is 45.3 Å². The second-order valence-corrected chi connectivity index (χ2v) is 42.4. The summed E-state index contributed by atoms with van der Waals surface area (Å²) >= 11 is 7.26. The van der Waals surface area contributed by atoms with Crippen LogP contribution in [0.5, 0.6) is 0 Å². The zero-order valence-electron chi connectivity index (χ0n) is 78.9. The Labute approximate surface area is 858 Å². The molecule has 0 atom stereocenters. The van der Waals surface area contributed by atoms with Crippen molar-refractivity contribution < 1.29 is 0 Å². The zero-order valence-corrected chi connectivity index (χ0v) is 82.1. The van der Waals surface area contributed by atoms with E-state index >= 15 is 0 Å². The Morgan fingerprint density at radius 1 is 0.162 bits per heavy atom. The Kier molecular flexibility index (Phi) is 18.1. The van der Waals surface area contributed by atoms with Crippen LogP contribution < -0.4 is 0 Å². The molecule has 0 aliphatic carbocycles. The van der Waals surface area contributed by atoms with E-state index in [1.165, 1.54) is 230 Å². The number of rotatable bonds is 8. The van der Waals surface area contributed by atoms with Gasteiger partial charge in [-0.3, -0.25) is 0 Å². The van der Waals surface area contributed by atoms with Crippen molar-refractivity contribution >= 4 is 290 Å². The summed E-state index contributed by atoms with van der Waals surface area (Å²) in [7, 11) is 0. The largest absolute Gasteiger partial charge is 0.308 e. The van der Waals surface area contributed by atoms with Crippen molar-refractivity contribution in [2.24, 2.45) is 0 Å². The molecular formula is C132H76N12S4. The van der Waals surface area contributed by atoms with E-state index in [0.29, 0.717) is 0 Å². The van der Waals surface area contributed by atoms with Gasteiger partial charge in [-0.05, 0) is 170 Å². The highest BCUT2D eigenvalue weighted by Gasteiger charge is 2.34. The van der Waals surface area contributed by atoms with Gasteiger partial charge in [-0.2, -0.15) is 0 Å². The van der Waals surface area contributed by atoms with Crippen molar-refractivity contribution in [2.45, 2.75) is 0 Å². The van der Waals surface area contributed by atoms with Gasteiger partial charge in [0.15, 0.2) is 0 Å². The van der Waals surface area contributed by atoms with Crippen molar-refractivity contribution in [2.75, 3.05) is 0 Å². The standard InChI is InChI=1S/C46H26N4S.C46H28N4S.C40H22N4S2/c1-2-12-27(13-3-1)49-38-21-11-9-19-35(38)41-44(49)40-34-18-8-10-20-37(34)50(45(40)42-43-39(51-46(41)42)25-47-26-48-43)28-22-23-33-31-16-5-4-14-29(31)30-15-6-7-17-32(30)36(33)24-28;1-4-14-29(15-5-1)31-24-32(30-16-6-2-7-17-30)26-34(25-31)50-37-22-12-10-20-35(37)40-44-41(46-42(45(40)50)43-39(51-46)27-47-28-48-43)36-21-11-13-23-38(36)49(44)33-18-8-3-9-19-33;1-2-11-23(12-3-1)43-28-17-7-5-15-27(28)34-37(43)33-26-14-4-8-18-29(26)44(38(33)35-36-32(46-40(34)35)21-41-22-42-36)30-19-10-16-25-24-13-6-9-20-31(24)45-39(25)30/h1-26H;1-28H;1-22H. The third-order valence-electron chi connectivity index (χ3n) is 30.5. The first-order valence-corrected chi connectivity index (χ1v) is 53.0. The molecule has 0 aliphatic heterocycles. The molecule has 13 heterocycles. The molecule has 13 aromatic heterocycles. The van der Waals surface area contributed by atoms with E-state index in [2.05, 4.69) is 467 Å². The number of aromatic nitrogens is 12. The van der Waals surface area contributed by atoms with Crippen LogP contribution in [0.3, 0.4) is 0 Å². The average Bonchev–Trinajstić information content (AvgIpc) is 1.52. The molecule has 0 fully saturated rings. The summed E-state index contributed by atoms with van der Waals surface area (Å²) in [5.41, 5.74) is 28.8. The Morgan fingerprint density at radius 2 is 0.446 bits per heavy atom. The predicted molar refractivity (Wildman–Crippen MR) is 627 cm³/mol. The smallest absolute Gasteiger partial charge is 0.116 e. The lowest BCUT2D eigenvalue weighted by Crippen LogP contribution is -1.97. The van der Waals surface area contributed by atoms with Crippen molar-refractivity contribution in [3.05, 3.63) is 462 Å². The number of thiophene rings is 4. The van der Waals surface area contributed by atoms with Crippen molar-refractivity contribution in [1.29, 1.82) is 0 Å². The Balaban J connectivity index is 0.0000000986. The minimum absolute atomic E-state index is 0.986. The molecule has 0 unspecified atom stereocenters. The number of hydrogen-bond donors (Lipinski definition) is 0. The quantitative estimate of drug-likeness (QED) is 0.140. The maximum absolute atomic E-state index is 4.99. The highest BCUT2D eigenvalue weighted by atomic mass is 32.1. The van der Waals surface area contributed by atoms with Gasteiger partial charge in [-0.25, -0.2) is 29.9 Å². The van der Waals surface area contributed by atoms with E-state index in [9.17, 15) is 0 Å². The van der Waals surface area contributed by atoms with E-state index < -0.39 is 0 Å². The van der Waals surface area contributed by atoms with Gasteiger partial charge in [0.25, 0.3) is 0 Å². The van der Waals surface area contributed by atoms with Crippen LogP contribution in [0.4, 0.5) is 0 Å². The van der Waals surface area contributed by atoms with Crippen molar-refractivity contribution in [1.82, 2.24) is 57.3 Å². The number of hydrogen-bond acceptors (Lipinski definition) is 10. The monoisotopic (exact) mass is 1960 g/mol. The maximum Gasteiger partial charge on any atom is 0.116 e. The SMILES string of the molecule is c1ccc(-c2cc(-c3ccccc3)cc(-n3c4ccccc4c4c5c(c6ccccc6n5-c5ccccc5)c5sc6cncnc6c5c43)c2)cc1.c1ccc(-n2c3ccccc3c3c4sc5cncnc5c4c4c(c5ccccc5n4-c4ccc5c6ccccc6c6ccccc6c5c4)c32)cc1.c1ccc(-n2c3ccccc3c3c4sc5cncnc5c4c4c(c5ccccc5n4-c4cccc5c4sc4ccccc45)c32)cc1. The summed E-state index contributed by atoms with van der Waals surface area (Å²) in [5.74, 6) is 0. The fraction of sp³-hybridized carbons (Fsp3) is 0. The molecule has 0 aliphatic rings. The van der Waals surface area contributed by atoms with Gasteiger partial charge in [0, 0.05) is 157 Å². The molecule has 0 saturated carbocycles. The topological polar surface area (TPSA) is 107 Å². The van der Waals surface area contributed by atoms with Crippen LogP contribution >= 0.6 is 45.3 Å². The van der Waals surface area contributed by atoms with E-state index in [4.69, 9.17) is 15.0 Å². The third-order valence-corrected chi connectivity index (χ3v) is 35.1. The molecule has 0 N–H and O–H groups in total. The summed E-state index contributed by atoms with van der Waals surface area (Å²) in [6.45, 7) is 0. The molecule has 21 aromatic carbocycles. The minimum atomic E-state index is 0.986. The predicted octanol–water partition coefficient (Wildman–Crippen LogP) is 36.3. The Hall–Kier alpha value is -18.7. The number of benzene rings is 21. The lowest BCUT2D eigenvalue weighted by atomic mass is 9.94. The average molecular weight is 1960 g/mol. The maximum atomic E-state index is 4.99. The molecule has 16 heteroatoms. The van der Waals surface area contributed by atoms with E-state index in [1.54, 1.807) is 53.0 Å². The van der Waals surface area contributed by atoms with Gasteiger partial charge >= 0.3 is 0 Å².